The summed E-state index contributed by atoms with van der Waals surface area (Å²) >= 11 is 3.94. The van der Waals surface area contributed by atoms with Gasteiger partial charge < -0.3 is 0 Å². The topological polar surface area (TPSA) is 0 Å². The van der Waals surface area contributed by atoms with Crippen LogP contribution in [0.2, 0.25) is 19.6 Å². The summed E-state index contributed by atoms with van der Waals surface area (Å²) in [6, 6.07) is 5.69. The third-order valence-electron chi connectivity index (χ3n) is 3.81. The van der Waals surface area contributed by atoms with Gasteiger partial charge in [0.25, 0.3) is 0 Å². The van der Waals surface area contributed by atoms with Gasteiger partial charge in [0, 0.05) is 0 Å². The molecule has 23 heavy (non-hydrogen) atoms. The normalized spacial score (nSPS) is 18.2. The van der Waals surface area contributed by atoms with Gasteiger partial charge in [-0.1, -0.05) is 52.4 Å². The van der Waals surface area contributed by atoms with Gasteiger partial charge in [-0.15, -0.1) is 29.1 Å². The number of thioether (sulfide) groups is 2. The van der Waals surface area contributed by atoms with Gasteiger partial charge in [-0.05, 0) is 41.0 Å². The maximum atomic E-state index is 14.6. The van der Waals surface area contributed by atoms with Gasteiger partial charge in [0.05, 0.1) is 9.64 Å². The SMILES string of the molecule is CC(C)(C)C1(c2ccc(C#C[Si](C)(C)C)c(F)c2)SCCCS1. The fourth-order valence-electron chi connectivity index (χ4n) is 2.64. The summed E-state index contributed by atoms with van der Waals surface area (Å²) < 4.78 is 14.6. The molecular formula is C19H27FS2Si. The van der Waals surface area contributed by atoms with Gasteiger partial charge in [0.1, 0.15) is 13.9 Å². The van der Waals surface area contributed by atoms with Crippen LogP contribution in [0.4, 0.5) is 4.39 Å². The molecule has 1 aliphatic heterocycles. The predicted molar refractivity (Wildman–Crippen MR) is 107 cm³/mol. The van der Waals surface area contributed by atoms with E-state index < -0.39 is 8.07 Å². The molecule has 1 aromatic carbocycles. The average Bonchev–Trinajstić information content (AvgIpc) is 2.44. The average molecular weight is 367 g/mol. The summed E-state index contributed by atoms with van der Waals surface area (Å²) in [6.45, 7) is 13.3. The highest BCUT2D eigenvalue weighted by Gasteiger charge is 2.46. The van der Waals surface area contributed by atoms with Gasteiger partial charge in [0.15, 0.2) is 0 Å². The highest BCUT2D eigenvalue weighted by Crippen LogP contribution is 2.60. The zero-order valence-corrected chi connectivity index (χ0v) is 17.7. The van der Waals surface area contributed by atoms with Crippen molar-refractivity contribution in [3.05, 3.63) is 35.1 Å². The van der Waals surface area contributed by atoms with Crippen molar-refractivity contribution in [2.45, 2.75) is 50.9 Å². The van der Waals surface area contributed by atoms with Crippen LogP contribution in [0.25, 0.3) is 0 Å². The van der Waals surface area contributed by atoms with E-state index in [2.05, 4.69) is 57.9 Å². The molecule has 1 heterocycles. The van der Waals surface area contributed by atoms with Crippen molar-refractivity contribution in [2.75, 3.05) is 11.5 Å². The highest BCUT2D eigenvalue weighted by molar-refractivity contribution is 8.18. The van der Waals surface area contributed by atoms with Crippen molar-refractivity contribution < 1.29 is 4.39 Å². The van der Waals surface area contributed by atoms with E-state index in [1.54, 1.807) is 6.07 Å². The molecule has 0 N–H and O–H groups in total. The van der Waals surface area contributed by atoms with E-state index in [9.17, 15) is 4.39 Å². The zero-order valence-electron chi connectivity index (χ0n) is 15.0. The molecule has 126 valence electrons. The number of rotatable bonds is 1. The molecule has 0 saturated carbocycles. The van der Waals surface area contributed by atoms with E-state index in [0.29, 0.717) is 5.56 Å². The second-order valence-corrected chi connectivity index (χ2v) is 15.7. The van der Waals surface area contributed by atoms with Crippen molar-refractivity contribution in [3.63, 3.8) is 0 Å². The minimum atomic E-state index is -1.49. The Balaban J connectivity index is 2.43. The Morgan fingerprint density at radius 1 is 1.13 bits per heavy atom. The van der Waals surface area contributed by atoms with Gasteiger partial charge in [-0.2, -0.15) is 0 Å². The largest absolute Gasteiger partial charge is 0.206 e. The molecule has 0 radical (unpaired) electrons. The first-order valence-corrected chi connectivity index (χ1v) is 13.6. The fraction of sp³-hybridized carbons (Fsp3) is 0.579. The predicted octanol–water partition coefficient (Wildman–Crippen LogP) is 6.12. The molecule has 4 heteroatoms. The summed E-state index contributed by atoms with van der Waals surface area (Å²) in [5.41, 5.74) is 4.95. The maximum absolute atomic E-state index is 14.6. The molecule has 0 spiro atoms. The zero-order chi connectivity index (χ0) is 17.3. The Morgan fingerprint density at radius 2 is 1.74 bits per heavy atom. The van der Waals surface area contributed by atoms with Crippen LogP contribution in [0, 0.1) is 22.7 Å². The molecule has 0 atom stereocenters. The van der Waals surface area contributed by atoms with Crippen molar-refractivity contribution in [1.82, 2.24) is 0 Å². The summed E-state index contributed by atoms with van der Waals surface area (Å²) in [6.07, 6.45) is 1.23. The lowest BCUT2D eigenvalue weighted by Crippen LogP contribution is -2.36. The first-order valence-electron chi connectivity index (χ1n) is 8.16. The Hall–Kier alpha value is -0.373. The van der Waals surface area contributed by atoms with Crippen LogP contribution in [0.1, 0.15) is 38.3 Å². The van der Waals surface area contributed by atoms with Gasteiger partial charge in [-0.3, -0.25) is 0 Å². The van der Waals surface area contributed by atoms with E-state index in [0.717, 1.165) is 17.1 Å². The molecule has 0 nitrogen and oxygen atoms in total. The molecule has 1 aliphatic rings. The molecule has 0 aromatic heterocycles. The van der Waals surface area contributed by atoms with Crippen LogP contribution >= 0.6 is 23.5 Å². The molecule has 0 unspecified atom stereocenters. The fourth-order valence-corrected chi connectivity index (χ4v) is 6.77. The summed E-state index contributed by atoms with van der Waals surface area (Å²) in [7, 11) is -1.49. The third kappa shape index (κ3) is 4.38. The van der Waals surface area contributed by atoms with Gasteiger partial charge >= 0.3 is 0 Å². The van der Waals surface area contributed by atoms with Crippen LogP contribution in [0.5, 0.6) is 0 Å². The standard InChI is InChI=1S/C19H27FS2Si/c1-18(2,3)19(21-11-7-12-22-19)16-9-8-15(17(20)14-16)10-13-23(4,5)6/h8-9,14H,7,11-12H2,1-6H3. The van der Waals surface area contributed by atoms with E-state index >= 15 is 0 Å². The van der Waals surface area contributed by atoms with Crippen LogP contribution in [-0.4, -0.2) is 19.6 Å². The first kappa shape index (κ1) is 19.0. The van der Waals surface area contributed by atoms with E-state index in [4.69, 9.17) is 0 Å². The quantitative estimate of drug-likeness (QED) is 0.433. The van der Waals surface area contributed by atoms with Crippen molar-refractivity contribution >= 4 is 31.6 Å². The second kappa shape index (κ2) is 6.86. The summed E-state index contributed by atoms with van der Waals surface area (Å²) in [4.78, 5) is 0. The van der Waals surface area contributed by atoms with E-state index in [1.165, 1.54) is 6.42 Å². The van der Waals surface area contributed by atoms with Crippen LogP contribution < -0.4 is 0 Å². The minimum Gasteiger partial charge on any atom is -0.206 e. The van der Waals surface area contributed by atoms with Gasteiger partial charge in [-0.25, -0.2) is 4.39 Å². The third-order valence-corrected chi connectivity index (χ3v) is 8.88. The van der Waals surface area contributed by atoms with Crippen molar-refractivity contribution in [1.29, 1.82) is 0 Å². The van der Waals surface area contributed by atoms with Crippen molar-refractivity contribution in [2.24, 2.45) is 5.41 Å². The molecule has 0 aliphatic carbocycles. The van der Waals surface area contributed by atoms with Gasteiger partial charge in [0.2, 0.25) is 0 Å². The summed E-state index contributed by atoms with van der Waals surface area (Å²) in [5.74, 6) is 5.16. The molecule has 2 rings (SSSR count). The second-order valence-electron chi connectivity index (χ2n) is 8.11. The smallest absolute Gasteiger partial charge is 0.139 e. The lowest BCUT2D eigenvalue weighted by molar-refractivity contribution is 0.370. The first-order chi connectivity index (χ1) is 10.6. The minimum absolute atomic E-state index is 0.0702. The number of hydrogen-bond acceptors (Lipinski definition) is 2. The Morgan fingerprint density at radius 3 is 2.22 bits per heavy atom. The Bertz CT molecular complexity index is 623. The highest BCUT2D eigenvalue weighted by atomic mass is 32.2. The van der Waals surface area contributed by atoms with Crippen LogP contribution in [0.15, 0.2) is 18.2 Å². The number of benzene rings is 1. The van der Waals surface area contributed by atoms with Crippen LogP contribution in [0.3, 0.4) is 0 Å². The molecule has 1 saturated heterocycles. The van der Waals surface area contributed by atoms with E-state index in [1.807, 2.05) is 29.6 Å². The lowest BCUT2D eigenvalue weighted by Gasteiger charge is -2.46. The Kier molecular flexibility index (Phi) is 5.65. The summed E-state index contributed by atoms with van der Waals surface area (Å²) in [5, 5.41) is 0. The molecule has 0 amide bonds. The molecular weight excluding hydrogens is 339 g/mol. The number of hydrogen-bond donors (Lipinski definition) is 0. The monoisotopic (exact) mass is 366 g/mol. The van der Waals surface area contributed by atoms with Crippen molar-refractivity contribution in [3.8, 4) is 11.5 Å². The van der Waals surface area contributed by atoms with Crippen LogP contribution in [-0.2, 0) is 4.08 Å². The molecule has 0 bridgehead atoms. The lowest BCUT2D eigenvalue weighted by atomic mass is 9.86. The maximum Gasteiger partial charge on any atom is 0.139 e. The van der Waals surface area contributed by atoms with E-state index in [-0.39, 0.29) is 15.3 Å². The number of halogens is 1. The molecule has 1 fully saturated rings. The Labute approximate surface area is 150 Å². The molecule has 1 aromatic rings.